The van der Waals surface area contributed by atoms with Crippen LogP contribution in [-0.4, -0.2) is 47.7 Å². The van der Waals surface area contributed by atoms with E-state index in [1.165, 1.54) is 0 Å². The van der Waals surface area contributed by atoms with E-state index in [0.717, 1.165) is 11.3 Å². The van der Waals surface area contributed by atoms with Crippen LogP contribution in [0.25, 0.3) is 11.3 Å². The summed E-state index contributed by atoms with van der Waals surface area (Å²) < 4.78 is 6.69. The van der Waals surface area contributed by atoms with Crippen molar-refractivity contribution in [2.45, 2.75) is 13.0 Å². The van der Waals surface area contributed by atoms with Gasteiger partial charge in [0.25, 0.3) is 0 Å². The number of H-pyrrole nitrogens is 1. The van der Waals surface area contributed by atoms with Crippen molar-refractivity contribution in [1.29, 1.82) is 0 Å². The zero-order valence-corrected chi connectivity index (χ0v) is 10.9. The monoisotopic (exact) mass is 272 g/mol. The van der Waals surface area contributed by atoms with Gasteiger partial charge in [0.15, 0.2) is 5.82 Å². The van der Waals surface area contributed by atoms with E-state index in [9.17, 15) is 0 Å². The first-order valence-electron chi connectivity index (χ1n) is 5.93. The normalized spacial score (nSPS) is 12.3. The minimum absolute atomic E-state index is 0.152. The van der Waals surface area contributed by atoms with Crippen LogP contribution < -0.4 is 4.74 Å². The first-order valence-corrected chi connectivity index (χ1v) is 5.93. The minimum atomic E-state index is -0.152. The van der Waals surface area contributed by atoms with E-state index in [-0.39, 0.29) is 6.04 Å². The average Bonchev–Trinajstić information content (AvgIpc) is 3.18. The van der Waals surface area contributed by atoms with Gasteiger partial charge in [-0.2, -0.15) is 5.21 Å². The molecule has 3 aromatic heterocycles. The molecule has 0 amide bonds. The molecule has 0 aliphatic rings. The van der Waals surface area contributed by atoms with Gasteiger partial charge in [-0.3, -0.25) is 0 Å². The molecule has 9 nitrogen and oxygen atoms in total. The Hall–Kier alpha value is -2.84. The van der Waals surface area contributed by atoms with Crippen LogP contribution in [0.2, 0.25) is 0 Å². The van der Waals surface area contributed by atoms with Gasteiger partial charge in [-0.25, -0.2) is 9.67 Å². The molecule has 0 aliphatic heterocycles. The maximum atomic E-state index is 5.02. The number of aromatic nitrogens is 8. The van der Waals surface area contributed by atoms with Gasteiger partial charge in [0.1, 0.15) is 11.7 Å². The Kier molecular flexibility index (Phi) is 3.07. The molecule has 0 spiro atoms. The third-order valence-electron chi connectivity index (χ3n) is 2.88. The summed E-state index contributed by atoms with van der Waals surface area (Å²) in [5, 5.41) is 22.0. The van der Waals surface area contributed by atoms with Gasteiger partial charge in [-0.1, -0.05) is 10.4 Å². The summed E-state index contributed by atoms with van der Waals surface area (Å²) in [6.07, 6.45) is 3.50. The van der Waals surface area contributed by atoms with Gasteiger partial charge in [0.05, 0.1) is 13.3 Å². The zero-order chi connectivity index (χ0) is 13.9. The largest absolute Gasteiger partial charge is 0.481 e. The molecule has 3 heterocycles. The molecule has 3 rings (SSSR count). The molecule has 102 valence electrons. The fourth-order valence-electron chi connectivity index (χ4n) is 1.72. The van der Waals surface area contributed by atoms with Crippen molar-refractivity contribution < 1.29 is 4.74 Å². The Morgan fingerprint density at radius 1 is 1.30 bits per heavy atom. The molecular weight excluding hydrogens is 260 g/mol. The van der Waals surface area contributed by atoms with Crippen molar-refractivity contribution in [1.82, 2.24) is 40.6 Å². The summed E-state index contributed by atoms with van der Waals surface area (Å²) >= 11 is 0. The average molecular weight is 272 g/mol. The van der Waals surface area contributed by atoms with Gasteiger partial charge in [0, 0.05) is 17.8 Å². The summed E-state index contributed by atoms with van der Waals surface area (Å²) in [5.41, 5.74) is 1.58. The molecular formula is C11H12N8O. The lowest BCUT2D eigenvalue weighted by atomic mass is 10.2. The van der Waals surface area contributed by atoms with Crippen LogP contribution in [0.3, 0.4) is 0 Å². The number of nitrogens with one attached hydrogen (secondary N) is 1. The number of nitrogens with zero attached hydrogens (tertiary/aromatic N) is 7. The van der Waals surface area contributed by atoms with Crippen LogP contribution in [0.4, 0.5) is 0 Å². The topological polar surface area (TPSA) is 107 Å². The fraction of sp³-hybridized carbons (Fsp3) is 0.273. The number of hydrogen-bond donors (Lipinski definition) is 1. The van der Waals surface area contributed by atoms with Gasteiger partial charge in [0.2, 0.25) is 5.88 Å². The fourth-order valence-corrected chi connectivity index (χ4v) is 1.72. The molecule has 1 N–H and O–H groups in total. The molecule has 9 heteroatoms. The number of ether oxygens (including phenoxy) is 1. The van der Waals surface area contributed by atoms with E-state index in [1.54, 1.807) is 24.1 Å². The molecule has 0 aliphatic carbocycles. The number of hydrogen-bond acceptors (Lipinski definition) is 7. The van der Waals surface area contributed by atoms with Gasteiger partial charge < -0.3 is 4.74 Å². The lowest BCUT2D eigenvalue weighted by Crippen LogP contribution is -2.09. The first kappa shape index (κ1) is 12.2. The summed E-state index contributed by atoms with van der Waals surface area (Å²) in [6, 6.07) is 3.50. The molecule has 0 unspecified atom stereocenters. The lowest BCUT2D eigenvalue weighted by molar-refractivity contribution is 0.398. The summed E-state index contributed by atoms with van der Waals surface area (Å²) in [7, 11) is 1.57. The van der Waals surface area contributed by atoms with Crippen LogP contribution >= 0.6 is 0 Å². The van der Waals surface area contributed by atoms with Crippen LogP contribution in [0.5, 0.6) is 5.88 Å². The molecule has 0 bridgehead atoms. The van der Waals surface area contributed by atoms with Crippen LogP contribution in [-0.2, 0) is 0 Å². The summed E-state index contributed by atoms with van der Waals surface area (Å²) in [4.78, 5) is 4.14. The summed E-state index contributed by atoms with van der Waals surface area (Å²) in [6.45, 7) is 1.91. The molecule has 0 fully saturated rings. The van der Waals surface area contributed by atoms with Crippen molar-refractivity contribution in [3.63, 3.8) is 0 Å². The molecule has 0 aromatic carbocycles. The Bertz CT molecular complexity index is 675. The van der Waals surface area contributed by atoms with E-state index in [1.807, 2.05) is 19.2 Å². The molecule has 0 radical (unpaired) electrons. The van der Waals surface area contributed by atoms with Gasteiger partial charge >= 0.3 is 0 Å². The van der Waals surface area contributed by atoms with Gasteiger partial charge in [-0.15, -0.1) is 15.3 Å². The molecule has 0 saturated carbocycles. The number of tetrazole rings is 1. The Morgan fingerprint density at radius 3 is 2.85 bits per heavy atom. The predicted octanol–water partition coefficient (Wildman–Crippen LogP) is 0.471. The first-order chi connectivity index (χ1) is 9.78. The van der Waals surface area contributed by atoms with Crippen molar-refractivity contribution in [3.05, 3.63) is 30.4 Å². The number of pyridine rings is 1. The Balaban J connectivity index is 1.86. The van der Waals surface area contributed by atoms with E-state index in [2.05, 4.69) is 35.9 Å². The highest BCUT2D eigenvalue weighted by Gasteiger charge is 2.15. The third-order valence-corrected chi connectivity index (χ3v) is 2.88. The second-order valence-corrected chi connectivity index (χ2v) is 4.12. The number of aromatic amines is 1. The maximum absolute atomic E-state index is 5.02. The quantitative estimate of drug-likeness (QED) is 0.735. The minimum Gasteiger partial charge on any atom is -0.481 e. The van der Waals surface area contributed by atoms with Crippen LogP contribution in [0.1, 0.15) is 18.8 Å². The van der Waals surface area contributed by atoms with Gasteiger partial charge in [-0.05, 0) is 13.0 Å². The second-order valence-electron chi connectivity index (χ2n) is 4.12. The van der Waals surface area contributed by atoms with E-state index >= 15 is 0 Å². The van der Waals surface area contributed by atoms with E-state index < -0.39 is 0 Å². The van der Waals surface area contributed by atoms with Crippen LogP contribution in [0.15, 0.2) is 24.5 Å². The Labute approximate surface area is 114 Å². The smallest absolute Gasteiger partial charge is 0.212 e. The molecule has 1 atom stereocenters. The highest BCUT2D eigenvalue weighted by molar-refractivity contribution is 5.56. The van der Waals surface area contributed by atoms with Crippen molar-refractivity contribution in [2.75, 3.05) is 7.11 Å². The molecule has 3 aromatic rings. The highest BCUT2D eigenvalue weighted by atomic mass is 16.5. The lowest BCUT2D eigenvalue weighted by Gasteiger charge is -2.04. The van der Waals surface area contributed by atoms with Crippen molar-refractivity contribution in [2.24, 2.45) is 0 Å². The third kappa shape index (κ3) is 2.20. The van der Waals surface area contributed by atoms with E-state index in [0.29, 0.717) is 11.7 Å². The highest BCUT2D eigenvalue weighted by Crippen LogP contribution is 2.19. The second kappa shape index (κ2) is 5.03. The van der Waals surface area contributed by atoms with Crippen molar-refractivity contribution in [3.8, 4) is 17.1 Å². The number of methoxy groups -OCH3 is 1. The molecule has 20 heavy (non-hydrogen) atoms. The van der Waals surface area contributed by atoms with Crippen molar-refractivity contribution >= 4 is 0 Å². The van der Waals surface area contributed by atoms with E-state index in [4.69, 9.17) is 4.74 Å². The standard InChI is InChI=1S/C11H12N8O/c1-7(11-14-16-17-15-11)19-6-9(13-18-19)8-3-4-10(20-2)12-5-8/h3-7H,1-2H3,(H,14,15,16,17)/t7-/m0/s1. The SMILES string of the molecule is COc1ccc(-c2cn([C@@H](C)c3nn[nH]n3)nn2)cn1. The maximum Gasteiger partial charge on any atom is 0.212 e. The molecule has 0 saturated heterocycles. The Morgan fingerprint density at radius 2 is 2.20 bits per heavy atom. The number of rotatable bonds is 4. The zero-order valence-electron chi connectivity index (χ0n) is 10.9. The predicted molar refractivity (Wildman–Crippen MR) is 67.8 cm³/mol. The van der Waals surface area contributed by atoms with Crippen LogP contribution in [0, 0.1) is 0 Å². The summed E-state index contributed by atoms with van der Waals surface area (Å²) in [5.74, 6) is 1.11.